The quantitative estimate of drug-likeness (QED) is 0.726. The third-order valence-electron chi connectivity index (χ3n) is 5.17. The summed E-state index contributed by atoms with van der Waals surface area (Å²) in [6.45, 7) is 4.84. The number of aliphatic hydroxyl groups excluding tert-OH is 1. The van der Waals surface area contributed by atoms with Crippen LogP contribution in [0, 0.1) is 0 Å². The molecular weight excluding hydrogens is 338 g/mol. The summed E-state index contributed by atoms with van der Waals surface area (Å²) < 4.78 is 0. The number of carbonyl (C=O) groups is 1. The lowest BCUT2D eigenvalue weighted by Gasteiger charge is -2.33. The van der Waals surface area contributed by atoms with Gasteiger partial charge in [0.1, 0.15) is 0 Å². The molecule has 1 heterocycles. The number of nitrogens with zero attached hydrogens (tertiary/aromatic N) is 1. The SMILES string of the molecule is CC1CCCCN1Cc1cccc(NC(=O)NCc2ccc(CO)cc2)c1. The Morgan fingerprint density at radius 3 is 2.63 bits per heavy atom. The average molecular weight is 367 g/mol. The average Bonchev–Trinajstić information content (AvgIpc) is 2.69. The third kappa shape index (κ3) is 5.81. The van der Waals surface area contributed by atoms with Gasteiger partial charge in [-0.15, -0.1) is 0 Å². The minimum atomic E-state index is -0.218. The number of hydrogen-bond donors (Lipinski definition) is 3. The number of aliphatic hydroxyl groups is 1. The summed E-state index contributed by atoms with van der Waals surface area (Å²) in [6, 6.07) is 16.0. The van der Waals surface area contributed by atoms with Crippen LogP contribution in [0.15, 0.2) is 48.5 Å². The van der Waals surface area contributed by atoms with Crippen LogP contribution in [0.2, 0.25) is 0 Å². The maximum Gasteiger partial charge on any atom is 0.319 e. The zero-order valence-corrected chi connectivity index (χ0v) is 15.9. The van der Waals surface area contributed by atoms with Crippen LogP contribution in [-0.4, -0.2) is 28.6 Å². The first-order chi connectivity index (χ1) is 13.1. The Morgan fingerprint density at radius 2 is 1.89 bits per heavy atom. The predicted molar refractivity (Wildman–Crippen MR) is 108 cm³/mol. The molecule has 1 aliphatic heterocycles. The van der Waals surface area contributed by atoms with Crippen molar-refractivity contribution < 1.29 is 9.90 Å². The van der Waals surface area contributed by atoms with Crippen LogP contribution < -0.4 is 10.6 Å². The molecule has 0 aliphatic carbocycles. The highest BCUT2D eigenvalue weighted by Crippen LogP contribution is 2.20. The van der Waals surface area contributed by atoms with Crippen molar-refractivity contribution in [3.8, 4) is 0 Å². The van der Waals surface area contributed by atoms with Crippen LogP contribution in [0.25, 0.3) is 0 Å². The molecule has 2 aromatic carbocycles. The Hall–Kier alpha value is -2.37. The van der Waals surface area contributed by atoms with E-state index >= 15 is 0 Å². The standard InChI is InChI=1S/C22H29N3O2/c1-17-5-2-3-12-25(17)15-20-6-4-7-21(13-20)24-22(27)23-14-18-8-10-19(16-26)11-9-18/h4,6-11,13,17,26H,2-3,5,12,14-16H2,1H3,(H2,23,24,27). The predicted octanol–water partition coefficient (Wildman–Crippen LogP) is 3.88. The van der Waals surface area contributed by atoms with Gasteiger partial charge in [0.25, 0.3) is 0 Å². The van der Waals surface area contributed by atoms with E-state index in [-0.39, 0.29) is 12.6 Å². The van der Waals surface area contributed by atoms with E-state index in [1.165, 1.54) is 24.8 Å². The van der Waals surface area contributed by atoms with Crippen molar-refractivity contribution in [2.45, 2.75) is 51.9 Å². The number of rotatable bonds is 6. The van der Waals surface area contributed by atoms with Crippen LogP contribution in [0.1, 0.15) is 42.9 Å². The molecule has 0 bridgehead atoms. The number of carbonyl (C=O) groups excluding carboxylic acids is 1. The number of benzene rings is 2. The normalized spacial score (nSPS) is 17.5. The molecule has 3 N–H and O–H groups in total. The fraction of sp³-hybridized carbons (Fsp3) is 0.409. The Kier molecular flexibility index (Phi) is 6.85. The molecule has 2 aromatic rings. The highest BCUT2D eigenvalue weighted by Gasteiger charge is 2.18. The largest absolute Gasteiger partial charge is 0.392 e. The second kappa shape index (κ2) is 9.53. The van der Waals surface area contributed by atoms with Gasteiger partial charge >= 0.3 is 6.03 Å². The molecule has 3 rings (SSSR count). The van der Waals surface area contributed by atoms with Gasteiger partial charge < -0.3 is 15.7 Å². The van der Waals surface area contributed by atoms with Gasteiger partial charge in [-0.3, -0.25) is 4.90 Å². The van der Waals surface area contributed by atoms with Crippen molar-refractivity contribution in [3.63, 3.8) is 0 Å². The molecule has 0 radical (unpaired) electrons. The van der Waals surface area contributed by atoms with Gasteiger partial charge in [0.15, 0.2) is 0 Å². The maximum absolute atomic E-state index is 12.2. The van der Waals surface area contributed by atoms with E-state index in [0.717, 1.165) is 29.9 Å². The second-order valence-corrected chi connectivity index (χ2v) is 7.30. The Balaban J connectivity index is 1.51. The van der Waals surface area contributed by atoms with E-state index < -0.39 is 0 Å². The Morgan fingerprint density at radius 1 is 1.11 bits per heavy atom. The molecule has 0 aromatic heterocycles. The van der Waals surface area contributed by atoms with E-state index in [1.54, 1.807) is 0 Å². The first-order valence-electron chi connectivity index (χ1n) is 9.70. The lowest BCUT2D eigenvalue weighted by atomic mass is 10.0. The number of anilines is 1. The summed E-state index contributed by atoms with van der Waals surface area (Å²) in [7, 11) is 0. The first kappa shape index (κ1) is 19.4. The van der Waals surface area contributed by atoms with Gasteiger partial charge in [-0.25, -0.2) is 4.79 Å². The van der Waals surface area contributed by atoms with Crippen molar-refractivity contribution in [1.82, 2.24) is 10.2 Å². The second-order valence-electron chi connectivity index (χ2n) is 7.30. The van der Waals surface area contributed by atoms with Gasteiger partial charge in [-0.2, -0.15) is 0 Å². The Bertz CT molecular complexity index is 745. The van der Waals surface area contributed by atoms with Crippen molar-refractivity contribution in [2.24, 2.45) is 0 Å². The van der Waals surface area contributed by atoms with Gasteiger partial charge in [0.05, 0.1) is 6.61 Å². The van der Waals surface area contributed by atoms with Crippen molar-refractivity contribution in [1.29, 1.82) is 0 Å². The minimum absolute atomic E-state index is 0.0285. The van der Waals surface area contributed by atoms with E-state index in [0.29, 0.717) is 12.6 Å². The fourth-order valence-electron chi connectivity index (χ4n) is 3.49. The summed E-state index contributed by atoms with van der Waals surface area (Å²) >= 11 is 0. The van der Waals surface area contributed by atoms with Crippen LogP contribution in [0.4, 0.5) is 10.5 Å². The molecule has 0 spiro atoms. The summed E-state index contributed by atoms with van der Waals surface area (Å²) in [5.41, 5.74) is 3.89. The van der Waals surface area contributed by atoms with Crippen molar-refractivity contribution in [3.05, 3.63) is 65.2 Å². The first-order valence-corrected chi connectivity index (χ1v) is 9.70. The Labute approximate surface area is 161 Å². The van der Waals surface area contributed by atoms with E-state index in [2.05, 4.69) is 34.6 Å². The van der Waals surface area contributed by atoms with E-state index in [9.17, 15) is 4.79 Å². The van der Waals surface area contributed by atoms with Crippen LogP contribution in [-0.2, 0) is 19.7 Å². The van der Waals surface area contributed by atoms with Crippen LogP contribution >= 0.6 is 0 Å². The van der Waals surface area contributed by atoms with Crippen LogP contribution in [0.3, 0.4) is 0 Å². The highest BCUT2D eigenvalue weighted by molar-refractivity contribution is 5.89. The molecule has 27 heavy (non-hydrogen) atoms. The minimum Gasteiger partial charge on any atom is -0.392 e. The lowest BCUT2D eigenvalue weighted by Crippen LogP contribution is -2.36. The molecule has 5 heteroatoms. The summed E-state index contributed by atoms with van der Waals surface area (Å²) in [5, 5.41) is 14.9. The monoisotopic (exact) mass is 367 g/mol. The topological polar surface area (TPSA) is 64.6 Å². The number of urea groups is 1. The zero-order chi connectivity index (χ0) is 19.1. The number of nitrogens with one attached hydrogen (secondary N) is 2. The molecule has 1 fully saturated rings. The van der Waals surface area contributed by atoms with E-state index in [4.69, 9.17) is 5.11 Å². The number of amides is 2. The summed E-state index contributed by atoms with van der Waals surface area (Å²) in [5.74, 6) is 0. The number of hydrogen-bond acceptors (Lipinski definition) is 3. The number of piperidine rings is 1. The molecule has 1 aliphatic rings. The number of likely N-dealkylation sites (tertiary alicyclic amines) is 1. The van der Waals surface area contributed by atoms with E-state index in [1.807, 2.05) is 36.4 Å². The zero-order valence-electron chi connectivity index (χ0n) is 15.9. The summed E-state index contributed by atoms with van der Waals surface area (Å²) in [4.78, 5) is 14.7. The molecular formula is C22H29N3O2. The molecule has 5 nitrogen and oxygen atoms in total. The molecule has 1 atom stereocenters. The molecule has 2 amide bonds. The van der Waals surface area contributed by atoms with Crippen molar-refractivity contribution >= 4 is 11.7 Å². The van der Waals surface area contributed by atoms with Gasteiger partial charge in [-0.05, 0) is 55.1 Å². The van der Waals surface area contributed by atoms with Gasteiger partial charge in [0.2, 0.25) is 0 Å². The maximum atomic E-state index is 12.2. The molecule has 144 valence electrons. The molecule has 1 unspecified atom stereocenters. The highest BCUT2D eigenvalue weighted by atomic mass is 16.3. The third-order valence-corrected chi connectivity index (χ3v) is 5.17. The van der Waals surface area contributed by atoms with Gasteiger partial charge in [-0.1, -0.05) is 42.8 Å². The van der Waals surface area contributed by atoms with Gasteiger partial charge in [0, 0.05) is 24.8 Å². The molecule has 0 saturated carbocycles. The summed E-state index contributed by atoms with van der Waals surface area (Å²) in [6.07, 6.45) is 3.85. The van der Waals surface area contributed by atoms with Crippen molar-refractivity contribution in [2.75, 3.05) is 11.9 Å². The lowest BCUT2D eigenvalue weighted by molar-refractivity contribution is 0.152. The fourth-order valence-corrected chi connectivity index (χ4v) is 3.49. The van der Waals surface area contributed by atoms with Crippen LogP contribution in [0.5, 0.6) is 0 Å². The smallest absolute Gasteiger partial charge is 0.319 e. The molecule has 1 saturated heterocycles.